The molecule has 172 valence electrons. The molecule has 0 saturated carbocycles. The number of aliphatic hydroxyl groups excluding tert-OH is 1. The number of amides is 2. The minimum Gasteiger partial charge on any atom is -0.391 e. The third kappa shape index (κ3) is 5.74. The minimum atomic E-state index is -0.617. The maximum atomic E-state index is 13.3. The number of aliphatic hydroxyl groups is 1. The smallest absolute Gasteiger partial charge is 0.242 e. The topological polar surface area (TPSA) is 94.6 Å². The van der Waals surface area contributed by atoms with Crippen molar-refractivity contribution in [2.45, 2.75) is 31.9 Å². The second kappa shape index (κ2) is 10.1. The second-order valence-corrected chi connectivity index (χ2v) is 8.84. The van der Waals surface area contributed by atoms with Crippen LogP contribution in [0, 0.1) is 5.82 Å². The summed E-state index contributed by atoms with van der Waals surface area (Å²) >= 11 is 1.41. The summed E-state index contributed by atoms with van der Waals surface area (Å²) < 4.78 is 13.3. The zero-order chi connectivity index (χ0) is 23.4. The normalized spacial score (nSPS) is 17.7. The lowest BCUT2D eigenvalue weighted by Crippen LogP contribution is -2.44. The monoisotopic (exact) mass is 468 g/mol. The predicted molar refractivity (Wildman–Crippen MR) is 127 cm³/mol. The fraction of sp³-hybridized carbons (Fsp3) is 0.292. The molecule has 0 radical (unpaired) electrons. The number of nitrogens with zero attached hydrogens (tertiary/aromatic N) is 2. The first-order valence-electron chi connectivity index (χ1n) is 10.7. The van der Waals surface area contributed by atoms with Gasteiger partial charge in [0.05, 0.1) is 11.8 Å². The van der Waals surface area contributed by atoms with Crippen LogP contribution in [0.4, 0.5) is 15.2 Å². The van der Waals surface area contributed by atoms with Crippen LogP contribution in [0.5, 0.6) is 0 Å². The van der Waals surface area contributed by atoms with Crippen LogP contribution in [0.25, 0.3) is 11.3 Å². The van der Waals surface area contributed by atoms with Gasteiger partial charge in [-0.2, -0.15) is 0 Å². The lowest BCUT2D eigenvalue weighted by Gasteiger charge is -2.22. The molecule has 3 aromatic rings. The highest BCUT2D eigenvalue weighted by molar-refractivity contribution is 7.14. The fourth-order valence-electron chi connectivity index (χ4n) is 3.87. The Morgan fingerprint density at radius 2 is 2.03 bits per heavy atom. The Kier molecular flexibility index (Phi) is 7.00. The number of carbonyl (C=O) groups is 2. The summed E-state index contributed by atoms with van der Waals surface area (Å²) in [4.78, 5) is 30.5. The van der Waals surface area contributed by atoms with Crippen molar-refractivity contribution in [1.82, 2.24) is 10.3 Å². The molecular formula is C24H25FN4O3S. The standard InChI is InChI=1S/C24H25FN4O3S/c1-15(30)27-19-7-5-17(6-8-19)21-14-33-24(28-21)29-13-20(31)12-22(29)23(32)26-10-9-16-3-2-4-18(25)11-16/h2-8,11,14,20,22,31H,9-10,12-13H2,1H3,(H,26,32)(H,27,30)/t20?,22-/m0/s1. The number of hydrogen-bond acceptors (Lipinski definition) is 6. The van der Waals surface area contributed by atoms with Crippen LogP contribution in [-0.4, -0.2) is 47.1 Å². The van der Waals surface area contributed by atoms with E-state index < -0.39 is 12.1 Å². The molecule has 1 fully saturated rings. The molecule has 4 rings (SSSR count). The molecule has 0 aliphatic carbocycles. The number of halogens is 1. The SMILES string of the molecule is CC(=O)Nc1ccc(-c2csc(N3CC(O)C[C@H]3C(=O)NCCc3cccc(F)c3)n2)cc1. The van der Waals surface area contributed by atoms with E-state index in [1.165, 1.54) is 30.4 Å². The molecule has 2 heterocycles. The van der Waals surface area contributed by atoms with E-state index in [1.807, 2.05) is 40.6 Å². The van der Waals surface area contributed by atoms with Gasteiger partial charge >= 0.3 is 0 Å². The third-order valence-corrected chi connectivity index (χ3v) is 6.30. The van der Waals surface area contributed by atoms with Crippen molar-refractivity contribution in [3.05, 3.63) is 65.3 Å². The van der Waals surface area contributed by atoms with E-state index in [-0.39, 0.29) is 17.6 Å². The molecule has 0 spiro atoms. The lowest BCUT2D eigenvalue weighted by molar-refractivity contribution is -0.122. The highest BCUT2D eigenvalue weighted by Crippen LogP contribution is 2.32. The fourth-order valence-corrected chi connectivity index (χ4v) is 4.76. The van der Waals surface area contributed by atoms with Gasteiger partial charge in [-0.15, -0.1) is 11.3 Å². The van der Waals surface area contributed by atoms with E-state index >= 15 is 0 Å². The molecule has 1 aliphatic rings. The van der Waals surface area contributed by atoms with Crippen LogP contribution in [0.1, 0.15) is 18.9 Å². The van der Waals surface area contributed by atoms with Gasteiger partial charge in [0.15, 0.2) is 5.13 Å². The van der Waals surface area contributed by atoms with Crippen LogP contribution in [-0.2, 0) is 16.0 Å². The highest BCUT2D eigenvalue weighted by atomic mass is 32.1. The van der Waals surface area contributed by atoms with Gasteiger partial charge in [-0.3, -0.25) is 9.59 Å². The van der Waals surface area contributed by atoms with Crippen molar-refractivity contribution < 1.29 is 19.1 Å². The van der Waals surface area contributed by atoms with Gasteiger partial charge in [0.1, 0.15) is 11.9 Å². The van der Waals surface area contributed by atoms with E-state index in [4.69, 9.17) is 0 Å². The summed E-state index contributed by atoms with van der Waals surface area (Å²) in [6.45, 7) is 2.17. The first-order valence-corrected chi connectivity index (χ1v) is 11.6. The van der Waals surface area contributed by atoms with Gasteiger partial charge in [0.2, 0.25) is 11.8 Å². The molecule has 1 aliphatic heterocycles. The molecule has 2 atom stereocenters. The molecule has 7 nitrogen and oxygen atoms in total. The van der Waals surface area contributed by atoms with Gasteiger partial charge in [0, 0.05) is 43.1 Å². The van der Waals surface area contributed by atoms with Crippen LogP contribution >= 0.6 is 11.3 Å². The van der Waals surface area contributed by atoms with E-state index in [1.54, 1.807) is 6.07 Å². The molecule has 2 amide bonds. The Hall–Kier alpha value is -3.30. The average Bonchev–Trinajstić information content (AvgIpc) is 3.41. The number of hydrogen-bond donors (Lipinski definition) is 3. The van der Waals surface area contributed by atoms with E-state index in [9.17, 15) is 19.1 Å². The number of nitrogens with one attached hydrogen (secondary N) is 2. The first kappa shape index (κ1) is 22.9. The molecule has 9 heteroatoms. The van der Waals surface area contributed by atoms with Crippen molar-refractivity contribution >= 4 is 34.0 Å². The molecule has 2 aromatic carbocycles. The van der Waals surface area contributed by atoms with Crippen LogP contribution in [0.15, 0.2) is 53.9 Å². The van der Waals surface area contributed by atoms with Crippen LogP contribution < -0.4 is 15.5 Å². The third-order valence-electron chi connectivity index (χ3n) is 5.42. The number of thiazole rings is 1. The summed E-state index contributed by atoms with van der Waals surface area (Å²) in [5, 5.41) is 18.4. The molecule has 33 heavy (non-hydrogen) atoms. The van der Waals surface area contributed by atoms with E-state index in [2.05, 4.69) is 15.6 Å². The van der Waals surface area contributed by atoms with Crippen LogP contribution in [0.3, 0.4) is 0 Å². The summed E-state index contributed by atoms with van der Waals surface area (Å²) in [6, 6.07) is 13.2. The maximum Gasteiger partial charge on any atom is 0.242 e. The average molecular weight is 469 g/mol. The Bertz CT molecular complexity index is 1130. The van der Waals surface area contributed by atoms with E-state index in [0.29, 0.717) is 36.8 Å². The molecule has 1 aromatic heterocycles. The number of carbonyl (C=O) groups excluding carboxylic acids is 2. The van der Waals surface area contributed by atoms with E-state index in [0.717, 1.165) is 16.8 Å². The number of β-amino-alcohol motifs (C(OH)–C–C–N with tert-alkyl or cyclic N) is 1. The van der Waals surface area contributed by atoms with Crippen LogP contribution in [0.2, 0.25) is 0 Å². The summed E-state index contributed by atoms with van der Waals surface area (Å²) in [7, 11) is 0. The zero-order valence-corrected chi connectivity index (χ0v) is 18.9. The molecule has 1 saturated heterocycles. The van der Waals surface area contributed by atoms with Crippen molar-refractivity contribution in [3.63, 3.8) is 0 Å². The minimum absolute atomic E-state index is 0.133. The molecular weight excluding hydrogens is 443 g/mol. The first-order chi connectivity index (χ1) is 15.9. The molecule has 0 bridgehead atoms. The van der Waals surface area contributed by atoms with Gasteiger partial charge in [-0.25, -0.2) is 9.37 Å². The number of anilines is 2. The number of aromatic nitrogens is 1. The van der Waals surface area contributed by atoms with Crippen molar-refractivity contribution in [2.24, 2.45) is 0 Å². The highest BCUT2D eigenvalue weighted by Gasteiger charge is 2.37. The van der Waals surface area contributed by atoms with Crippen molar-refractivity contribution in [1.29, 1.82) is 0 Å². The lowest BCUT2D eigenvalue weighted by atomic mass is 10.1. The quantitative estimate of drug-likeness (QED) is 0.495. The van der Waals surface area contributed by atoms with Gasteiger partial charge in [-0.05, 0) is 36.2 Å². The van der Waals surface area contributed by atoms with Gasteiger partial charge in [-0.1, -0.05) is 24.3 Å². The second-order valence-electron chi connectivity index (χ2n) is 8.00. The summed E-state index contributed by atoms with van der Waals surface area (Å²) in [5.41, 5.74) is 3.17. The Balaban J connectivity index is 1.40. The van der Waals surface area contributed by atoms with Gasteiger partial charge in [0.25, 0.3) is 0 Å². The predicted octanol–water partition coefficient (Wildman–Crippen LogP) is 3.21. The van der Waals surface area contributed by atoms with Gasteiger partial charge < -0.3 is 20.6 Å². The zero-order valence-electron chi connectivity index (χ0n) is 18.1. The summed E-state index contributed by atoms with van der Waals surface area (Å²) in [6.07, 6.45) is 0.231. The van der Waals surface area contributed by atoms with Crippen molar-refractivity contribution in [3.8, 4) is 11.3 Å². The number of rotatable bonds is 7. The Morgan fingerprint density at radius 3 is 2.76 bits per heavy atom. The largest absolute Gasteiger partial charge is 0.391 e. The molecule has 3 N–H and O–H groups in total. The Morgan fingerprint density at radius 1 is 1.24 bits per heavy atom. The van der Waals surface area contributed by atoms with Crippen molar-refractivity contribution in [2.75, 3.05) is 23.3 Å². The number of benzene rings is 2. The Labute approximate surface area is 195 Å². The molecule has 1 unspecified atom stereocenters. The summed E-state index contributed by atoms with van der Waals surface area (Å²) in [5.74, 6) is -0.612. The maximum absolute atomic E-state index is 13.3.